The number of rotatable bonds is 0. The molecular weight excluding hydrogens is 124 g/mol. The van der Waals surface area contributed by atoms with Crippen LogP contribution >= 0.6 is 0 Å². The topological polar surface area (TPSA) is 17.1 Å². The molecule has 0 unspecified atom stereocenters. The number of hydrogen-bond acceptors (Lipinski definition) is 1. The quantitative estimate of drug-likeness (QED) is 0.501. The van der Waals surface area contributed by atoms with E-state index in [1.54, 1.807) is 0 Å². The average Bonchev–Trinajstić information content (AvgIpc) is 2.36. The third-order valence-electron chi connectivity index (χ3n) is 3.07. The van der Waals surface area contributed by atoms with Crippen LogP contribution in [-0.4, -0.2) is 5.78 Å². The molecule has 2 aliphatic carbocycles. The summed E-state index contributed by atoms with van der Waals surface area (Å²) in [4.78, 5) is 11.3. The highest BCUT2D eigenvalue weighted by molar-refractivity contribution is 5.82. The first-order chi connectivity index (χ1) is 4.88. The van der Waals surface area contributed by atoms with E-state index in [1.807, 2.05) is 0 Å². The Bertz CT molecular complexity index is 151. The fourth-order valence-corrected chi connectivity index (χ4v) is 2.53. The summed E-state index contributed by atoms with van der Waals surface area (Å²) in [5.74, 6) is 1.85. The van der Waals surface area contributed by atoms with Crippen LogP contribution in [0.5, 0.6) is 0 Å². The third-order valence-corrected chi connectivity index (χ3v) is 3.07. The fourth-order valence-electron chi connectivity index (χ4n) is 2.53. The Balaban J connectivity index is 2.10. The molecule has 0 aromatic carbocycles. The minimum absolute atomic E-state index is 0.494. The molecule has 1 nitrogen and oxygen atoms in total. The summed E-state index contributed by atoms with van der Waals surface area (Å²) in [6, 6.07) is 0. The second-order valence-electron chi connectivity index (χ2n) is 3.66. The van der Waals surface area contributed by atoms with Crippen molar-refractivity contribution in [3.63, 3.8) is 0 Å². The van der Waals surface area contributed by atoms with Gasteiger partial charge in [0.05, 0.1) is 0 Å². The molecule has 2 aliphatic rings. The third kappa shape index (κ3) is 0.882. The van der Waals surface area contributed by atoms with E-state index in [9.17, 15) is 4.79 Å². The molecule has 0 aromatic rings. The smallest absolute Gasteiger partial charge is 0.136 e. The van der Waals surface area contributed by atoms with E-state index in [-0.39, 0.29) is 0 Å². The van der Waals surface area contributed by atoms with E-state index in [2.05, 4.69) is 0 Å². The Morgan fingerprint density at radius 1 is 1.10 bits per heavy atom. The zero-order valence-corrected chi connectivity index (χ0v) is 6.31. The lowest BCUT2D eigenvalue weighted by Gasteiger charge is -2.23. The van der Waals surface area contributed by atoms with Gasteiger partial charge in [-0.25, -0.2) is 0 Å². The second-order valence-corrected chi connectivity index (χ2v) is 3.66. The first-order valence-corrected chi connectivity index (χ1v) is 4.40. The van der Waals surface area contributed by atoms with Crippen LogP contribution in [0.15, 0.2) is 0 Å². The lowest BCUT2D eigenvalue weighted by Crippen LogP contribution is -2.23. The van der Waals surface area contributed by atoms with Gasteiger partial charge in [0.15, 0.2) is 0 Å². The summed E-state index contributed by atoms with van der Waals surface area (Å²) in [7, 11) is 0. The van der Waals surface area contributed by atoms with Crippen LogP contribution in [0.4, 0.5) is 0 Å². The zero-order valence-electron chi connectivity index (χ0n) is 6.31. The Morgan fingerprint density at radius 3 is 2.70 bits per heavy atom. The van der Waals surface area contributed by atoms with E-state index in [4.69, 9.17) is 0 Å². The first-order valence-electron chi connectivity index (χ1n) is 4.40. The molecule has 0 heterocycles. The van der Waals surface area contributed by atoms with Gasteiger partial charge in [-0.2, -0.15) is 0 Å². The maximum Gasteiger partial charge on any atom is 0.136 e. The van der Waals surface area contributed by atoms with Crippen molar-refractivity contribution in [2.24, 2.45) is 11.8 Å². The summed E-state index contributed by atoms with van der Waals surface area (Å²) in [6.45, 7) is 0. The van der Waals surface area contributed by atoms with Crippen LogP contribution in [0.3, 0.4) is 0 Å². The lowest BCUT2D eigenvalue weighted by atomic mass is 9.81. The van der Waals surface area contributed by atoms with Crippen LogP contribution in [-0.2, 0) is 4.79 Å². The summed E-state index contributed by atoms with van der Waals surface area (Å²) in [5.41, 5.74) is 0. The summed E-state index contributed by atoms with van der Waals surface area (Å²) < 4.78 is 0. The first kappa shape index (κ1) is 6.38. The van der Waals surface area contributed by atoms with Crippen molar-refractivity contribution in [1.29, 1.82) is 0 Å². The monoisotopic (exact) mass is 138 g/mol. The molecule has 0 aromatic heterocycles. The van der Waals surface area contributed by atoms with Gasteiger partial charge in [0, 0.05) is 12.3 Å². The molecule has 0 amide bonds. The molecule has 0 bridgehead atoms. The van der Waals surface area contributed by atoms with Gasteiger partial charge in [0.25, 0.3) is 0 Å². The van der Waals surface area contributed by atoms with E-state index < -0.39 is 0 Å². The molecular formula is C9H14O. The Morgan fingerprint density at radius 2 is 1.90 bits per heavy atom. The van der Waals surface area contributed by atoms with E-state index in [1.165, 1.54) is 32.1 Å². The molecule has 0 saturated heterocycles. The zero-order chi connectivity index (χ0) is 6.97. The Hall–Kier alpha value is -0.330. The molecule has 2 fully saturated rings. The molecule has 2 atom stereocenters. The fraction of sp³-hybridized carbons (Fsp3) is 0.889. The van der Waals surface area contributed by atoms with Gasteiger partial charge < -0.3 is 0 Å². The number of Topliss-reactive ketones (excluding diaryl/α,β-unsaturated/α-hetero) is 1. The molecule has 2 saturated carbocycles. The number of fused-ring (bicyclic) bond motifs is 1. The normalized spacial score (nSPS) is 39.8. The van der Waals surface area contributed by atoms with Gasteiger partial charge in [-0.1, -0.05) is 6.42 Å². The van der Waals surface area contributed by atoms with Crippen molar-refractivity contribution in [2.45, 2.75) is 38.5 Å². The van der Waals surface area contributed by atoms with E-state index >= 15 is 0 Å². The van der Waals surface area contributed by atoms with Crippen LogP contribution in [0.2, 0.25) is 0 Å². The van der Waals surface area contributed by atoms with Crippen LogP contribution in [0, 0.1) is 11.8 Å². The van der Waals surface area contributed by atoms with Crippen molar-refractivity contribution in [3.8, 4) is 0 Å². The van der Waals surface area contributed by atoms with Crippen molar-refractivity contribution >= 4 is 5.78 Å². The minimum atomic E-state index is 0.494. The van der Waals surface area contributed by atoms with Crippen molar-refractivity contribution in [1.82, 2.24) is 0 Å². The van der Waals surface area contributed by atoms with Gasteiger partial charge in [-0.05, 0) is 31.6 Å². The maximum atomic E-state index is 11.3. The SMILES string of the molecule is O=C1CCC[C@H]2CCC[C@H]12. The number of carbonyl (C=O) groups excluding carboxylic acids is 1. The molecule has 0 radical (unpaired) electrons. The summed E-state index contributed by atoms with van der Waals surface area (Å²) in [6.07, 6.45) is 7.21. The highest BCUT2D eigenvalue weighted by atomic mass is 16.1. The van der Waals surface area contributed by atoms with Gasteiger partial charge in [-0.3, -0.25) is 4.79 Å². The molecule has 0 aliphatic heterocycles. The molecule has 2 rings (SSSR count). The minimum Gasteiger partial charge on any atom is -0.299 e. The molecule has 0 spiro atoms. The van der Waals surface area contributed by atoms with E-state index in [0.717, 1.165) is 12.3 Å². The largest absolute Gasteiger partial charge is 0.299 e. The summed E-state index contributed by atoms with van der Waals surface area (Å²) >= 11 is 0. The molecule has 1 heteroatoms. The van der Waals surface area contributed by atoms with Gasteiger partial charge in [-0.15, -0.1) is 0 Å². The predicted octanol–water partition coefficient (Wildman–Crippen LogP) is 2.16. The van der Waals surface area contributed by atoms with Gasteiger partial charge in [0.1, 0.15) is 5.78 Å². The van der Waals surface area contributed by atoms with E-state index in [0.29, 0.717) is 11.7 Å². The van der Waals surface area contributed by atoms with Crippen molar-refractivity contribution in [3.05, 3.63) is 0 Å². The average molecular weight is 138 g/mol. The van der Waals surface area contributed by atoms with Crippen molar-refractivity contribution in [2.75, 3.05) is 0 Å². The van der Waals surface area contributed by atoms with Crippen LogP contribution in [0.1, 0.15) is 38.5 Å². The Kier molecular flexibility index (Phi) is 1.51. The highest BCUT2D eigenvalue weighted by Crippen LogP contribution is 2.39. The highest BCUT2D eigenvalue weighted by Gasteiger charge is 2.34. The van der Waals surface area contributed by atoms with Crippen LogP contribution < -0.4 is 0 Å². The standard InChI is InChI=1S/C9H14O/c10-9-6-2-4-7-3-1-5-8(7)9/h7-8H,1-6H2/t7-,8+/m1/s1. The Labute approximate surface area is 61.8 Å². The number of hydrogen-bond donors (Lipinski definition) is 0. The maximum absolute atomic E-state index is 11.3. The summed E-state index contributed by atoms with van der Waals surface area (Å²) in [5, 5.41) is 0. The van der Waals surface area contributed by atoms with Gasteiger partial charge >= 0.3 is 0 Å². The molecule has 0 N–H and O–H groups in total. The predicted molar refractivity (Wildman–Crippen MR) is 39.7 cm³/mol. The lowest BCUT2D eigenvalue weighted by molar-refractivity contribution is -0.125. The number of carbonyl (C=O) groups is 1. The number of ketones is 1. The van der Waals surface area contributed by atoms with Crippen molar-refractivity contribution < 1.29 is 4.79 Å². The molecule has 56 valence electrons. The second kappa shape index (κ2) is 2.37. The molecule has 10 heavy (non-hydrogen) atoms. The van der Waals surface area contributed by atoms with Gasteiger partial charge in [0.2, 0.25) is 0 Å². The van der Waals surface area contributed by atoms with Crippen LogP contribution in [0.25, 0.3) is 0 Å².